The number of carbonyl (C=O) groups is 1. The van der Waals surface area contributed by atoms with Crippen LogP contribution in [0.4, 0.5) is 0 Å². The highest BCUT2D eigenvalue weighted by Gasteiger charge is 2.25. The van der Waals surface area contributed by atoms with Crippen LogP contribution in [0.3, 0.4) is 0 Å². The van der Waals surface area contributed by atoms with Crippen LogP contribution in [0, 0.1) is 11.8 Å². The molecule has 154 valence electrons. The third-order valence-corrected chi connectivity index (χ3v) is 4.99. The highest BCUT2D eigenvalue weighted by atomic mass is 35.5. The molecule has 1 aliphatic heterocycles. The van der Waals surface area contributed by atoms with E-state index in [0.717, 1.165) is 37.1 Å². The average Bonchev–Trinajstić information content (AvgIpc) is 2.61. The molecule has 1 amide bonds. The van der Waals surface area contributed by atoms with E-state index in [9.17, 15) is 4.79 Å². The van der Waals surface area contributed by atoms with Crippen molar-refractivity contribution >= 4 is 18.3 Å². The van der Waals surface area contributed by atoms with Crippen LogP contribution in [0.1, 0.15) is 58.6 Å². The summed E-state index contributed by atoms with van der Waals surface area (Å²) in [5.74, 6) is 2.30. The van der Waals surface area contributed by atoms with Gasteiger partial charge in [0, 0.05) is 12.0 Å². The number of hydrogen-bond donors (Lipinski definition) is 2. The van der Waals surface area contributed by atoms with E-state index in [4.69, 9.17) is 9.47 Å². The number of nitrogens with one attached hydrogen (secondary N) is 2. The molecule has 1 aliphatic rings. The zero-order chi connectivity index (χ0) is 19.1. The van der Waals surface area contributed by atoms with Crippen LogP contribution in [0.5, 0.6) is 11.5 Å². The summed E-state index contributed by atoms with van der Waals surface area (Å²) in [6.45, 7) is 10.1. The molecule has 27 heavy (non-hydrogen) atoms. The summed E-state index contributed by atoms with van der Waals surface area (Å²) < 4.78 is 11.3. The van der Waals surface area contributed by atoms with Gasteiger partial charge in [-0.1, -0.05) is 19.9 Å². The molecule has 2 N–H and O–H groups in total. The predicted octanol–water partition coefficient (Wildman–Crippen LogP) is 4.11. The normalized spacial score (nSPS) is 20.5. The highest BCUT2D eigenvalue weighted by molar-refractivity contribution is 5.85. The fourth-order valence-electron chi connectivity index (χ4n) is 3.26. The summed E-state index contributed by atoms with van der Waals surface area (Å²) in [7, 11) is 1.65. The Hall–Kier alpha value is -1.46. The van der Waals surface area contributed by atoms with Crippen LogP contribution in [0.2, 0.25) is 0 Å². The molecule has 0 radical (unpaired) electrons. The van der Waals surface area contributed by atoms with Crippen molar-refractivity contribution in [3.63, 3.8) is 0 Å². The molecular weight excluding hydrogens is 364 g/mol. The topological polar surface area (TPSA) is 59.6 Å². The standard InChI is InChI=1S/C21H34N2O3.ClH/c1-14(2)9-11-26-19-7-6-17(13-20(19)25-5)16(4)23-21(24)18-8-10-22-15(3)12-18;/h6-7,13-16,18,22H,8-12H2,1-5H3,(H,23,24);1H/t15-,16?,18-;/m0./s1. The average molecular weight is 399 g/mol. The number of halogens is 1. The van der Waals surface area contributed by atoms with Crippen LogP contribution in [-0.4, -0.2) is 32.2 Å². The molecule has 0 aromatic heterocycles. The zero-order valence-corrected chi connectivity index (χ0v) is 18.0. The van der Waals surface area contributed by atoms with Gasteiger partial charge in [0.05, 0.1) is 19.8 Å². The van der Waals surface area contributed by atoms with Crippen LogP contribution >= 0.6 is 12.4 Å². The Morgan fingerprint density at radius 3 is 2.67 bits per heavy atom. The third-order valence-electron chi connectivity index (χ3n) is 4.99. The summed E-state index contributed by atoms with van der Waals surface area (Å²) in [4.78, 5) is 12.6. The smallest absolute Gasteiger partial charge is 0.223 e. The minimum absolute atomic E-state index is 0. The minimum atomic E-state index is -0.0636. The Balaban J connectivity index is 0.00000364. The molecule has 1 heterocycles. The van der Waals surface area contributed by atoms with Gasteiger partial charge in [0.2, 0.25) is 5.91 Å². The molecule has 0 bridgehead atoms. The molecule has 1 fully saturated rings. The van der Waals surface area contributed by atoms with Gasteiger partial charge in [0.1, 0.15) is 0 Å². The predicted molar refractivity (Wildman–Crippen MR) is 112 cm³/mol. The summed E-state index contributed by atoms with van der Waals surface area (Å²) in [5, 5.41) is 6.54. The van der Waals surface area contributed by atoms with Crippen LogP contribution in [0.15, 0.2) is 18.2 Å². The van der Waals surface area contributed by atoms with Crippen LogP contribution in [-0.2, 0) is 4.79 Å². The molecule has 1 aromatic carbocycles. The molecular formula is C21H35ClN2O3. The van der Waals surface area contributed by atoms with Gasteiger partial charge in [0.25, 0.3) is 0 Å². The fourth-order valence-corrected chi connectivity index (χ4v) is 3.26. The number of benzene rings is 1. The summed E-state index contributed by atoms with van der Waals surface area (Å²) >= 11 is 0. The first-order valence-corrected chi connectivity index (χ1v) is 9.75. The fraction of sp³-hybridized carbons (Fsp3) is 0.667. The number of rotatable bonds is 8. The van der Waals surface area contributed by atoms with Gasteiger partial charge in [-0.15, -0.1) is 12.4 Å². The second-order valence-electron chi connectivity index (χ2n) is 7.75. The lowest BCUT2D eigenvalue weighted by atomic mass is 9.92. The molecule has 2 rings (SSSR count). The molecule has 0 saturated carbocycles. The Morgan fingerprint density at radius 2 is 2.04 bits per heavy atom. The van der Waals surface area contributed by atoms with Crippen LogP contribution in [0.25, 0.3) is 0 Å². The van der Waals surface area contributed by atoms with Crippen molar-refractivity contribution in [1.82, 2.24) is 10.6 Å². The van der Waals surface area contributed by atoms with Crippen molar-refractivity contribution in [3.8, 4) is 11.5 Å². The molecule has 1 saturated heterocycles. The zero-order valence-electron chi connectivity index (χ0n) is 17.2. The Bertz CT molecular complexity index is 595. The van der Waals surface area contributed by atoms with E-state index in [1.807, 2.05) is 25.1 Å². The van der Waals surface area contributed by atoms with E-state index in [1.165, 1.54) is 0 Å². The van der Waals surface area contributed by atoms with E-state index >= 15 is 0 Å². The van der Waals surface area contributed by atoms with Gasteiger partial charge in [-0.25, -0.2) is 0 Å². The lowest BCUT2D eigenvalue weighted by molar-refractivity contribution is -0.126. The highest BCUT2D eigenvalue weighted by Crippen LogP contribution is 2.31. The quantitative estimate of drug-likeness (QED) is 0.691. The number of methoxy groups -OCH3 is 1. The van der Waals surface area contributed by atoms with E-state index in [1.54, 1.807) is 7.11 Å². The van der Waals surface area contributed by atoms with Gasteiger partial charge in [-0.3, -0.25) is 4.79 Å². The van der Waals surface area contributed by atoms with Gasteiger partial charge < -0.3 is 20.1 Å². The molecule has 0 spiro atoms. The Labute approximate surface area is 170 Å². The number of ether oxygens (including phenoxy) is 2. The van der Waals surface area contributed by atoms with E-state index in [-0.39, 0.29) is 30.3 Å². The van der Waals surface area contributed by atoms with Crippen molar-refractivity contribution in [2.75, 3.05) is 20.3 Å². The SMILES string of the molecule is COc1cc(C(C)NC(=O)[C@H]2CCN[C@@H](C)C2)ccc1OCCC(C)C.Cl. The second-order valence-corrected chi connectivity index (χ2v) is 7.75. The van der Waals surface area contributed by atoms with Gasteiger partial charge in [0.15, 0.2) is 11.5 Å². The van der Waals surface area contributed by atoms with Crippen molar-refractivity contribution < 1.29 is 14.3 Å². The Morgan fingerprint density at radius 1 is 1.30 bits per heavy atom. The second kappa shape index (κ2) is 11.4. The summed E-state index contributed by atoms with van der Waals surface area (Å²) in [6.07, 6.45) is 2.80. The molecule has 5 nitrogen and oxygen atoms in total. The first-order chi connectivity index (χ1) is 12.4. The first kappa shape index (κ1) is 23.6. The molecule has 3 atom stereocenters. The van der Waals surface area contributed by atoms with Crippen molar-refractivity contribution in [3.05, 3.63) is 23.8 Å². The van der Waals surface area contributed by atoms with E-state index < -0.39 is 0 Å². The van der Waals surface area contributed by atoms with Gasteiger partial charge >= 0.3 is 0 Å². The van der Waals surface area contributed by atoms with E-state index in [2.05, 4.69) is 31.4 Å². The van der Waals surface area contributed by atoms with Gasteiger partial charge in [-0.2, -0.15) is 0 Å². The number of piperidine rings is 1. The largest absolute Gasteiger partial charge is 0.493 e. The van der Waals surface area contributed by atoms with Crippen molar-refractivity contribution in [2.45, 2.75) is 59.0 Å². The monoisotopic (exact) mass is 398 g/mol. The lowest BCUT2D eigenvalue weighted by Crippen LogP contribution is -2.42. The molecule has 6 heteroatoms. The van der Waals surface area contributed by atoms with Gasteiger partial charge in [-0.05, 0) is 63.3 Å². The Kier molecular flexibility index (Phi) is 9.95. The maximum atomic E-state index is 12.6. The maximum absolute atomic E-state index is 12.6. The molecule has 1 unspecified atom stereocenters. The van der Waals surface area contributed by atoms with Crippen LogP contribution < -0.4 is 20.1 Å². The summed E-state index contributed by atoms with van der Waals surface area (Å²) in [6, 6.07) is 6.23. The van der Waals surface area contributed by atoms with E-state index in [0.29, 0.717) is 24.3 Å². The van der Waals surface area contributed by atoms with Crippen molar-refractivity contribution in [2.24, 2.45) is 11.8 Å². The molecule has 0 aliphatic carbocycles. The third kappa shape index (κ3) is 7.23. The lowest BCUT2D eigenvalue weighted by Gasteiger charge is -2.28. The maximum Gasteiger partial charge on any atom is 0.223 e. The summed E-state index contributed by atoms with van der Waals surface area (Å²) in [5.41, 5.74) is 1.02. The number of hydrogen-bond acceptors (Lipinski definition) is 4. The number of amides is 1. The first-order valence-electron chi connectivity index (χ1n) is 9.75. The molecule has 1 aromatic rings. The number of carbonyl (C=O) groups excluding carboxylic acids is 1. The minimum Gasteiger partial charge on any atom is -0.493 e. The van der Waals surface area contributed by atoms with Crippen molar-refractivity contribution in [1.29, 1.82) is 0 Å².